The Hall–Kier alpha value is -7.17. The van der Waals surface area contributed by atoms with E-state index >= 15 is 0 Å². The van der Waals surface area contributed by atoms with Crippen LogP contribution in [0.25, 0.3) is 99.9 Å². The van der Waals surface area contributed by atoms with Gasteiger partial charge in [0, 0.05) is 44.4 Å². The maximum Gasteiger partial charge on any atom is 0.0768 e. The minimum absolute atomic E-state index is 0.948. The number of hydrogen-bond donors (Lipinski definition) is 3. The highest BCUT2D eigenvalue weighted by Crippen LogP contribution is 2.47. The Bertz CT molecular complexity index is 3110. The van der Waals surface area contributed by atoms with Crippen LogP contribution in [-0.4, -0.2) is 19.9 Å². The van der Waals surface area contributed by atoms with Crippen molar-refractivity contribution in [1.82, 2.24) is 19.9 Å². The number of nitrogens with zero attached hydrogens (tertiary/aromatic N) is 1. The molecule has 0 unspecified atom stereocenters. The van der Waals surface area contributed by atoms with Crippen molar-refractivity contribution in [2.75, 3.05) is 0 Å². The van der Waals surface area contributed by atoms with Crippen molar-refractivity contribution in [1.29, 1.82) is 0 Å². The third kappa shape index (κ3) is 5.72. The van der Waals surface area contributed by atoms with Crippen LogP contribution < -0.4 is 0 Å². The molecule has 0 fully saturated rings. The normalized spacial score (nSPS) is 12.1. The Kier molecular flexibility index (Phi) is 8.34. The molecule has 0 atom stereocenters. The first-order valence-electron chi connectivity index (χ1n) is 19.7. The van der Waals surface area contributed by atoms with E-state index in [1.807, 2.05) is 0 Å². The monoisotopic (exact) mass is 734 g/mol. The number of benzene rings is 5. The number of rotatable bonds is 5. The van der Waals surface area contributed by atoms with Gasteiger partial charge in [-0.1, -0.05) is 152 Å². The molecule has 4 heteroatoms. The van der Waals surface area contributed by atoms with Crippen LogP contribution in [0, 0.1) is 13.8 Å². The molecule has 3 N–H and O–H groups in total. The second-order valence-electron chi connectivity index (χ2n) is 15.1. The van der Waals surface area contributed by atoms with Crippen LogP contribution >= 0.6 is 0 Å². The minimum Gasteiger partial charge on any atom is -0.354 e. The molecule has 0 saturated heterocycles. The lowest BCUT2D eigenvalue weighted by Gasteiger charge is -2.09. The molecular formula is C53H42N4. The largest absolute Gasteiger partial charge is 0.354 e. The highest BCUT2D eigenvalue weighted by Gasteiger charge is 2.25. The van der Waals surface area contributed by atoms with Crippen molar-refractivity contribution in [3.05, 3.63) is 186 Å². The average molecular weight is 735 g/mol. The SMILES string of the molecule is CC1=C(C)c2nc1cc1[nH]c(c(-c3ccccc3)c1-c1ccccc1)c1[nH]c(cc3[nH]c(c(C)c3C)c2-c2ccccc2)c(-c2ccccc2)c1-c1ccccc1. The summed E-state index contributed by atoms with van der Waals surface area (Å²) in [6.07, 6.45) is 0. The van der Waals surface area contributed by atoms with E-state index in [0.717, 1.165) is 106 Å². The van der Waals surface area contributed by atoms with E-state index in [9.17, 15) is 0 Å². The predicted octanol–water partition coefficient (Wildman–Crippen LogP) is 14.4. The fraction of sp³-hybridized carbons (Fsp3) is 0.0755. The number of nitrogens with one attached hydrogen (secondary N) is 3. The number of allylic oxidation sites excluding steroid dienone is 2. The molecule has 0 aliphatic carbocycles. The molecule has 0 amide bonds. The molecule has 9 aromatic rings. The van der Waals surface area contributed by atoms with E-state index in [2.05, 4.69) is 206 Å². The summed E-state index contributed by atoms with van der Waals surface area (Å²) in [5.41, 5.74) is 24.3. The average Bonchev–Trinajstić information content (AvgIpc) is 3.98. The first-order valence-corrected chi connectivity index (χ1v) is 19.7. The van der Waals surface area contributed by atoms with Crippen LogP contribution in [0.1, 0.15) is 36.4 Å². The van der Waals surface area contributed by atoms with Crippen molar-refractivity contribution in [3.8, 4) is 55.6 Å². The van der Waals surface area contributed by atoms with Gasteiger partial charge < -0.3 is 15.0 Å². The maximum absolute atomic E-state index is 5.53. The van der Waals surface area contributed by atoms with Gasteiger partial charge in [-0.15, -0.1) is 0 Å². The van der Waals surface area contributed by atoms with E-state index in [1.54, 1.807) is 0 Å². The van der Waals surface area contributed by atoms with Gasteiger partial charge in [0.2, 0.25) is 0 Å². The van der Waals surface area contributed by atoms with Crippen molar-refractivity contribution in [3.63, 3.8) is 0 Å². The van der Waals surface area contributed by atoms with Crippen molar-refractivity contribution < 1.29 is 0 Å². The zero-order valence-corrected chi connectivity index (χ0v) is 32.5. The Balaban J connectivity index is 1.52. The lowest BCUT2D eigenvalue weighted by atomic mass is 9.93. The molecule has 1 aliphatic heterocycles. The summed E-state index contributed by atoms with van der Waals surface area (Å²) in [5, 5.41) is 0. The summed E-state index contributed by atoms with van der Waals surface area (Å²) in [6.45, 7) is 8.87. The highest BCUT2D eigenvalue weighted by atomic mass is 14.8. The number of fused-ring (bicyclic) bond motifs is 9. The van der Waals surface area contributed by atoms with E-state index in [1.165, 1.54) is 16.7 Å². The number of aromatic amines is 3. The van der Waals surface area contributed by atoms with E-state index in [0.29, 0.717) is 0 Å². The van der Waals surface area contributed by atoms with Gasteiger partial charge in [-0.3, -0.25) is 0 Å². The number of aryl methyl sites for hydroxylation is 2. The molecule has 10 rings (SSSR count). The van der Waals surface area contributed by atoms with Gasteiger partial charge in [0.05, 0.1) is 27.9 Å². The smallest absolute Gasteiger partial charge is 0.0768 e. The summed E-state index contributed by atoms with van der Waals surface area (Å²) in [4.78, 5) is 17.6. The molecule has 5 aromatic carbocycles. The number of hydrogen-bond acceptors (Lipinski definition) is 1. The highest BCUT2D eigenvalue weighted by molar-refractivity contribution is 6.15. The van der Waals surface area contributed by atoms with Gasteiger partial charge in [-0.05, 0) is 89.9 Å². The Morgan fingerprint density at radius 1 is 0.333 bits per heavy atom. The molecule has 0 spiro atoms. The van der Waals surface area contributed by atoms with Crippen LogP contribution in [0.3, 0.4) is 0 Å². The van der Waals surface area contributed by atoms with Crippen molar-refractivity contribution in [2.45, 2.75) is 27.7 Å². The van der Waals surface area contributed by atoms with Gasteiger partial charge >= 0.3 is 0 Å². The van der Waals surface area contributed by atoms with Crippen LogP contribution in [0.15, 0.2) is 164 Å². The van der Waals surface area contributed by atoms with Gasteiger partial charge in [0.15, 0.2) is 0 Å². The first kappa shape index (κ1) is 34.3. The van der Waals surface area contributed by atoms with Crippen LogP contribution in [0.5, 0.6) is 0 Å². The molecule has 274 valence electrons. The Morgan fingerprint density at radius 3 is 1.14 bits per heavy atom. The second-order valence-corrected chi connectivity index (χ2v) is 15.1. The van der Waals surface area contributed by atoms with Gasteiger partial charge in [0.1, 0.15) is 0 Å². The van der Waals surface area contributed by atoms with Crippen LogP contribution in [-0.2, 0) is 0 Å². The molecule has 1 aliphatic rings. The zero-order valence-electron chi connectivity index (χ0n) is 32.5. The lowest BCUT2D eigenvalue weighted by molar-refractivity contribution is 1.29. The third-order valence-corrected chi connectivity index (χ3v) is 11.8. The van der Waals surface area contributed by atoms with Gasteiger partial charge in [0.25, 0.3) is 0 Å². The molecular weight excluding hydrogens is 693 g/mol. The molecule has 0 radical (unpaired) electrons. The van der Waals surface area contributed by atoms with E-state index in [4.69, 9.17) is 4.98 Å². The third-order valence-electron chi connectivity index (χ3n) is 11.8. The molecule has 0 saturated carbocycles. The van der Waals surface area contributed by atoms with Crippen LogP contribution in [0.4, 0.5) is 0 Å². The summed E-state index contributed by atoms with van der Waals surface area (Å²) in [7, 11) is 0. The topological polar surface area (TPSA) is 60.3 Å². The van der Waals surface area contributed by atoms with Crippen molar-refractivity contribution in [2.24, 2.45) is 0 Å². The molecule has 4 aromatic heterocycles. The Morgan fingerprint density at radius 2 is 0.702 bits per heavy atom. The summed E-state index contributed by atoms with van der Waals surface area (Å²) in [6, 6.07) is 58.4. The number of H-pyrrole nitrogens is 3. The maximum atomic E-state index is 5.53. The predicted molar refractivity (Wildman–Crippen MR) is 241 cm³/mol. The quantitative estimate of drug-likeness (QED) is 0.162. The standard InChI is InChI=1S/C53H42N4/c1-32-34(3)50-49(40-28-18-9-19-29-40)51-35(4)33(2)42(55-51)31-44-46(37-22-12-6-13-23-37)48(39-26-16-8-17-27-39)53(57-44)52-47(38-24-14-7-15-25-38)45(36-20-10-5-11-21-36)43(56-52)30-41(32)54-50/h5-31,54,56-57H,1-4H3. The van der Waals surface area contributed by atoms with Crippen LogP contribution in [0.2, 0.25) is 0 Å². The Labute approximate surface area is 332 Å². The molecule has 8 bridgehead atoms. The summed E-state index contributed by atoms with van der Waals surface area (Å²) in [5.74, 6) is 0. The molecule has 4 nitrogen and oxygen atoms in total. The fourth-order valence-electron chi connectivity index (χ4n) is 8.66. The summed E-state index contributed by atoms with van der Waals surface area (Å²) >= 11 is 0. The first-order chi connectivity index (χ1) is 28.0. The van der Waals surface area contributed by atoms with Gasteiger partial charge in [-0.2, -0.15) is 0 Å². The van der Waals surface area contributed by atoms with Crippen molar-refractivity contribution >= 4 is 44.2 Å². The lowest BCUT2D eigenvalue weighted by Crippen LogP contribution is -1.89. The molecule has 57 heavy (non-hydrogen) atoms. The second kappa shape index (κ2) is 13.8. The fourth-order valence-corrected chi connectivity index (χ4v) is 8.66. The molecule has 5 heterocycles. The number of aromatic nitrogens is 4. The van der Waals surface area contributed by atoms with E-state index in [-0.39, 0.29) is 0 Å². The minimum atomic E-state index is 0.948. The summed E-state index contributed by atoms with van der Waals surface area (Å²) < 4.78 is 0. The zero-order chi connectivity index (χ0) is 38.6. The van der Waals surface area contributed by atoms with E-state index < -0.39 is 0 Å². The van der Waals surface area contributed by atoms with Gasteiger partial charge in [-0.25, -0.2) is 4.98 Å².